The molecule has 4 nitrogen and oxygen atoms in total. The second-order valence-corrected chi connectivity index (χ2v) is 6.79. The Balaban J connectivity index is 2.58. The lowest BCUT2D eigenvalue weighted by Gasteiger charge is -2.22. The standard InChI is InChI=1S/C10H15IO4Si/c1-12-16(13-2,14-3)15-8-9-4-6-10(11)7-5-9/h4-7H,8H2,1-3H3. The monoisotopic (exact) mass is 354 g/mol. The van der Waals surface area contributed by atoms with Crippen LogP contribution in [0.15, 0.2) is 24.3 Å². The Morgan fingerprint density at radius 3 is 1.94 bits per heavy atom. The van der Waals surface area contributed by atoms with Crippen LogP contribution in [0.1, 0.15) is 5.56 Å². The van der Waals surface area contributed by atoms with Crippen molar-refractivity contribution in [1.29, 1.82) is 0 Å². The predicted molar refractivity (Wildman–Crippen MR) is 70.7 cm³/mol. The minimum Gasteiger partial charge on any atom is -0.355 e. The summed E-state index contributed by atoms with van der Waals surface area (Å²) in [6.07, 6.45) is 0. The normalized spacial score (nSPS) is 11.8. The van der Waals surface area contributed by atoms with E-state index in [-0.39, 0.29) is 0 Å². The Morgan fingerprint density at radius 1 is 1.00 bits per heavy atom. The van der Waals surface area contributed by atoms with E-state index in [1.807, 2.05) is 24.3 Å². The molecule has 0 bridgehead atoms. The van der Waals surface area contributed by atoms with Crippen LogP contribution in [0.3, 0.4) is 0 Å². The van der Waals surface area contributed by atoms with Crippen molar-refractivity contribution in [2.75, 3.05) is 21.3 Å². The summed E-state index contributed by atoms with van der Waals surface area (Å²) < 4.78 is 22.2. The van der Waals surface area contributed by atoms with E-state index in [4.69, 9.17) is 17.7 Å². The quantitative estimate of drug-likeness (QED) is 0.580. The minimum absolute atomic E-state index is 0.415. The van der Waals surface area contributed by atoms with E-state index < -0.39 is 9.05 Å². The van der Waals surface area contributed by atoms with Crippen LogP contribution >= 0.6 is 22.6 Å². The van der Waals surface area contributed by atoms with E-state index in [0.29, 0.717) is 6.61 Å². The first-order chi connectivity index (χ1) is 7.65. The predicted octanol–water partition coefficient (Wildman–Crippen LogP) is 2.18. The van der Waals surface area contributed by atoms with Gasteiger partial charge in [-0.25, -0.2) is 0 Å². The Morgan fingerprint density at radius 2 is 1.50 bits per heavy atom. The molecule has 1 rings (SSSR count). The smallest absolute Gasteiger partial charge is 0.355 e. The van der Waals surface area contributed by atoms with Crippen LogP contribution in [0.2, 0.25) is 0 Å². The first-order valence-electron chi connectivity index (χ1n) is 4.69. The van der Waals surface area contributed by atoms with Gasteiger partial charge in [0.05, 0.1) is 6.61 Å². The van der Waals surface area contributed by atoms with Crippen LogP contribution < -0.4 is 0 Å². The van der Waals surface area contributed by atoms with Gasteiger partial charge < -0.3 is 17.7 Å². The van der Waals surface area contributed by atoms with Crippen molar-refractivity contribution in [1.82, 2.24) is 0 Å². The molecule has 6 heteroatoms. The van der Waals surface area contributed by atoms with Crippen molar-refractivity contribution in [2.45, 2.75) is 6.61 Å². The van der Waals surface area contributed by atoms with Gasteiger partial charge in [0.25, 0.3) is 0 Å². The van der Waals surface area contributed by atoms with E-state index in [1.165, 1.54) is 24.9 Å². The maximum Gasteiger partial charge on any atom is 0.679 e. The molecule has 0 amide bonds. The Labute approximate surface area is 110 Å². The molecular formula is C10H15IO4Si. The van der Waals surface area contributed by atoms with Gasteiger partial charge in [0, 0.05) is 24.9 Å². The molecule has 0 heterocycles. The summed E-state index contributed by atoms with van der Waals surface area (Å²) in [5, 5.41) is 0. The summed E-state index contributed by atoms with van der Waals surface area (Å²) >= 11 is 2.26. The fourth-order valence-electron chi connectivity index (χ4n) is 1.18. The molecule has 0 saturated carbocycles. The van der Waals surface area contributed by atoms with Crippen LogP contribution in [0, 0.1) is 3.57 Å². The van der Waals surface area contributed by atoms with Crippen molar-refractivity contribution < 1.29 is 17.7 Å². The highest BCUT2D eigenvalue weighted by molar-refractivity contribution is 14.1. The molecule has 0 N–H and O–H groups in total. The molecule has 1 aromatic carbocycles. The summed E-state index contributed by atoms with van der Waals surface area (Å²) in [5.74, 6) is 0. The van der Waals surface area contributed by atoms with Gasteiger partial charge in [-0.1, -0.05) is 12.1 Å². The molecule has 90 valence electrons. The molecule has 0 unspecified atom stereocenters. The molecule has 0 aliphatic rings. The van der Waals surface area contributed by atoms with E-state index in [0.717, 1.165) is 5.56 Å². The molecule has 0 aliphatic carbocycles. The van der Waals surface area contributed by atoms with Gasteiger partial charge >= 0.3 is 9.05 Å². The summed E-state index contributed by atoms with van der Waals surface area (Å²) in [6, 6.07) is 8.05. The van der Waals surface area contributed by atoms with Gasteiger partial charge in [0.1, 0.15) is 0 Å². The second-order valence-electron chi connectivity index (χ2n) is 3.03. The minimum atomic E-state index is -2.92. The van der Waals surface area contributed by atoms with Crippen LogP contribution in [0.5, 0.6) is 0 Å². The number of benzene rings is 1. The topological polar surface area (TPSA) is 36.9 Å². The third kappa shape index (κ3) is 3.79. The molecule has 0 spiro atoms. The third-order valence-electron chi connectivity index (χ3n) is 2.08. The number of hydrogen-bond acceptors (Lipinski definition) is 4. The van der Waals surface area contributed by atoms with E-state index >= 15 is 0 Å². The molecule has 0 fully saturated rings. The lowest BCUT2D eigenvalue weighted by Crippen LogP contribution is -2.46. The maximum absolute atomic E-state index is 5.57. The molecule has 0 radical (unpaired) electrons. The Kier molecular flexibility index (Phi) is 5.87. The summed E-state index contributed by atoms with van der Waals surface area (Å²) in [5.41, 5.74) is 1.06. The average Bonchev–Trinajstić information content (AvgIpc) is 2.34. The fourth-order valence-corrected chi connectivity index (χ4v) is 2.74. The summed E-state index contributed by atoms with van der Waals surface area (Å²) in [4.78, 5) is 0. The Hall–Kier alpha value is 0.00688. The summed E-state index contributed by atoms with van der Waals surface area (Å²) in [6.45, 7) is 0.415. The second kappa shape index (κ2) is 6.67. The first kappa shape index (κ1) is 14.1. The van der Waals surface area contributed by atoms with Gasteiger partial charge in [-0.3, -0.25) is 0 Å². The highest BCUT2D eigenvalue weighted by Crippen LogP contribution is 2.13. The lowest BCUT2D eigenvalue weighted by molar-refractivity contribution is 0.000618. The summed E-state index contributed by atoms with van der Waals surface area (Å²) in [7, 11) is 1.65. The van der Waals surface area contributed by atoms with Gasteiger partial charge in [-0.05, 0) is 40.3 Å². The number of halogens is 1. The largest absolute Gasteiger partial charge is 0.679 e. The zero-order chi connectivity index (χ0) is 12.0. The van der Waals surface area contributed by atoms with Crippen LogP contribution in [-0.2, 0) is 24.3 Å². The number of hydrogen-bond donors (Lipinski definition) is 0. The SMILES string of the molecule is CO[Si](OC)(OC)OCc1ccc(I)cc1. The van der Waals surface area contributed by atoms with E-state index in [2.05, 4.69) is 22.6 Å². The molecule has 0 atom stereocenters. The molecular weight excluding hydrogens is 339 g/mol. The van der Waals surface area contributed by atoms with Gasteiger partial charge in [-0.2, -0.15) is 0 Å². The van der Waals surface area contributed by atoms with Crippen molar-refractivity contribution >= 4 is 31.6 Å². The maximum atomic E-state index is 5.57. The number of rotatable bonds is 6. The molecule has 16 heavy (non-hydrogen) atoms. The van der Waals surface area contributed by atoms with Gasteiger partial charge in [0.2, 0.25) is 0 Å². The molecule has 0 saturated heterocycles. The first-order valence-corrected chi connectivity index (χ1v) is 7.41. The van der Waals surface area contributed by atoms with Gasteiger partial charge in [-0.15, -0.1) is 0 Å². The fraction of sp³-hybridized carbons (Fsp3) is 0.400. The van der Waals surface area contributed by atoms with Crippen molar-refractivity contribution in [3.8, 4) is 0 Å². The molecule has 1 aromatic rings. The zero-order valence-electron chi connectivity index (χ0n) is 9.53. The van der Waals surface area contributed by atoms with Gasteiger partial charge in [0.15, 0.2) is 0 Å². The third-order valence-corrected chi connectivity index (χ3v) is 4.80. The van der Waals surface area contributed by atoms with Crippen LogP contribution in [-0.4, -0.2) is 30.4 Å². The average molecular weight is 354 g/mol. The van der Waals surface area contributed by atoms with Crippen LogP contribution in [0.4, 0.5) is 0 Å². The molecule has 0 aromatic heterocycles. The zero-order valence-corrected chi connectivity index (χ0v) is 12.7. The van der Waals surface area contributed by atoms with Crippen LogP contribution in [0.25, 0.3) is 0 Å². The lowest BCUT2D eigenvalue weighted by atomic mass is 10.2. The van der Waals surface area contributed by atoms with Crippen molar-refractivity contribution in [3.63, 3.8) is 0 Å². The van der Waals surface area contributed by atoms with E-state index in [1.54, 1.807) is 0 Å². The van der Waals surface area contributed by atoms with E-state index in [9.17, 15) is 0 Å². The van der Waals surface area contributed by atoms with Crippen molar-refractivity contribution in [2.24, 2.45) is 0 Å². The highest BCUT2D eigenvalue weighted by Gasteiger charge is 2.42. The highest BCUT2D eigenvalue weighted by atomic mass is 127. The molecule has 0 aliphatic heterocycles. The van der Waals surface area contributed by atoms with Crippen molar-refractivity contribution in [3.05, 3.63) is 33.4 Å². The Bertz CT molecular complexity index is 305.